The van der Waals surface area contributed by atoms with Crippen molar-refractivity contribution in [3.05, 3.63) is 48.0 Å². The van der Waals surface area contributed by atoms with Crippen LogP contribution < -0.4 is 4.90 Å². The van der Waals surface area contributed by atoms with Crippen LogP contribution in [0.15, 0.2) is 52.3 Å². The lowest BCUT2D eigenvalue weighted by atomic mass is 10.1. The Morgan fingerprint density at radius 3 is 2.68 bits per heavy atom. The van der Waals surface area contributed by atoms with Crippen molar-refractivity contribution in [2.24, 2.45) is 0 Å². The smallest absolute Gasteiger partial charge is 0.313 e. The van der Waals surface area contributed by atoms with Gasteiger partial charge in [0, 0.05) is 33.8 Å². The van der Waals surface area contributed by atoms with E-state index in [1.807, 2.05) is 0 Å². The zero-order valence-corrected chi connectivity index (χ0v) is 18.9. The molecule has 0 amide bonds. The van der Waals surface area contributed by atoms with Gasteiger partial charge >= 0.3 is 5.97 Å². The molecule has 4 nitrogen and oxygen atoms in total. The van der Waals surface area contributed by atoms with Gasteiger partial charge in [0.2, 0.25) is 0 Å². The number of thioether (sulfide) groups is 2. The first kappa shape index (κ1) is 21.4. The number of rotatable bonds is 7. The number of nitrogens with zero attached hydrogens (tertiary/aromatic N) is 2. The second-order valence-electron chi connectivity index (χ2n) is 6.66. The van der Waals surface area contributed by atoms with E-state index >= 15 is 0 Å². The number of carboxylic acid groups (broad SMARTS) is 1. The normalized spacial score (nSPS) is 17.2. The summed E-state index contributed by atoms with van der Waals surface area (Å²) < 4.78 is 2.36. The number of hydrogen-bond donors (Lipinski definition) is 1. The third-order valence-electron chi connectivity index (χ3n) is 4.82. The van der Waals surface area contributed by atoms with Crippen molar-refractivity contribution in [2.75, 3.05) is 30.5 Å². The summed E-state index contributed by atoms with van der Waals surface area (Å²) in [6.07, 6.45) is 3.17. The highest BCUT2D eigenvalue weighted by Crippen LogP contribution is 2.44. The minimum atomic E-state index is -0.763. The minimum Gasteiger partial charge on any atom is -0.481 e. The summed E-state index contributed by atoms with van der Waals surface area (Å²) in [5, 5.41) is 8.96. The molecule has 1 aliphatic heterocycles. The van der Waals surface area contributed by atoms with Gasteiger partial charge in [0.05, 0.1) is 11.4 Å². The molecule has 1 heterocycles. The fraction of sp³-hybridized carbons (Fsp3) is 0.381. The SMILES string of the molecule is CCC1CN(c2ccccc2)c2cc(SC)c(CSCC(=O)O)cc2SN1C. The highest BCUT2D eigenvalue weighted by molar-refractivity contribution is 7.99. The van der Waals surface area contributed by atoms with Crippen LogP contribution in [0, 0.1) is 0 Å². The average molecular weight is 435 g/mol. The Morgan fingerprint density at radius 1 is 1.29 bits per heavy atom. The molecular weight excluding hydrogens is 408 g/mol. The second-order valence-corrected chi connectivity index (χ2v) is 9.70. The molecule has 0 aromatic heterocycles. The van der Waals surface area contributed by atoms with E-state index in [0.717, 1.165) is 13.0 Å². The van der Waals surface area contributed by atoms with Crippen LogP contribution in [0.5, 0.6) is 0 Å². The van der Waals surface area contributed by atoms with E-state index in [1.165, 1.54) is 38.5 Å². The standard InChI is InChI=1S/C21H26N2O2S3/c1-4-16-12-23(17-8-6-5-7-9-17)18-11-19(26-3)15(13-27-14-21(24)25)10-20(18)28-22(16)2/h5-11,16H,4,12-14H2,1-3H3,(H,24,25). The molecule has 0 aliphatic carbocycles. The zero-order valence-electron chi connectivity index (χ0n) is 16.4. The van der Waals surface area contributed by atoms with E-state index in [0.29, 0.717) is 11.8 Å². The molecule has 28 heavy (non-hydrogen) atoms. The first-order chi connectivity index (χ1) is 13.5. The van der Waals surface area contributed by atoms with Crippen LogP contribution in [0.4, 0.5) is 11.4 Å². The van der Waals surface area contributed by atoms with Crippen molar-refractivity contribution in [3.63, 3.8) is 0 Å². The Hall–Kier alpha value is -1.28. The van der Waals surface area contributed by atoms with E-state index in [9.17, 15) is 4.79 Å². The number of benzene rings is 2. The Balaban J connectivity index is 2.02. The van der Waals surface area contributed by atoms with Gasteiger partial charge in [0.15, 0.2) is 0 Å². The molecule has 0 radical (unpaired) electrons. The molecule has 1 atom stereocenters. The fourth-order valence-electron chi connectivity index (χ4n) is 3.32. The molecule has 0 bridgehead atoms. The lowest BCUT2D eigenvalue weighted by Gasteiger charge is -2.29. The van der Waals surface area contributed by atoms with Crippen LogP contribution in [-0.4, -0.2) is 47.0 Å². The van der Waals surface area contributed by atoms with E-state index < -0.39 is 5.97 Å². The van der Waals surface area contributed by atoms with Crippen molar-refractivity contribution >= 4 is 52.8 Å². The first-order valence-corrected chi connectivity index (χ1v) is 12.4. The topological polar surface area (TPSA) is 43.8 Å². The first-order valence-electron chi connectivity index (χ1n) is 9.27. The molecule has 1 N–H and O–H groups in total. The monoisotopic (exact) mass is 434 g/mol. The molecule has 0 fully saturated rings. The van der Waals surface area contributed by atoms with E-state index in [4.69, 9.17) is 5.11 Å². The van der Waals surface area contributed by atoms with Gasteiger partial charge in [0.25, 0.3) is 0 Å². The fourth-order valence-corrected chi connectivity index (χ4v) is 5.90. The molecule has 2 aromatic carbocycles. The second kappa shape index (κ2) is 9.96. The zero-order chi connectivity index (χ0) is 20.1. The quantitative estimate of drug-likeness (QED) is 0.450. The summed E-state index contributed by atoms with van der Waals surface area (Å²) in [6, 6.07) is 15.5. The van der Waals surface area contributed by atoms with Gasteiger partial charge < -0.3 is 10.0 Å². The van der Waals surface area contributed by atoms with E-state index in [2.05, 4.69) is 71.9 Å². The summed E-state index contributed by atoms with van der Waals surface area (Å²) in [7, 11) is 2.17. The summed E-state index contributed by atoms with van der Waals surface area (Å²) >= 11 is 4.98. The largest absolute Gasteiger partial charge is 0.481 e. The number of aliphatic carboxylic acids is 1. The summed E-state index contributed by atoms with van der Waals surface area (Å²) in [5.41, 5.74) is 3.65. The summed E-state index contributed by atoms with van der Waals surface area (Å²) in [5.74, 6) is 0.0785. The van der Waals surface area contributed by atoms with Crippen molar-refractivity contribution in [3.8, 4) is 0 Å². The highest BCUT2D eigenvalue weighted by atomic mass is 32.2. The van der Waals surface area contributed by atoms with Gasteiger partial charge in [-0.2, -0.15) is 0 Å². The van der Waals surface area contributed by atoms with Gasteiger partial charge in [-0.1, -0.05) is 25.1 Å². The number of hydrogen-bond acceptors (Lipinski definition) is 6. The number of anilines is 2. The molecular formula is C21H26N2O2S3. The van der Waals surface area contributed by atoms with Crippen molar-refractivity contribution in [1.29, 1.82) is 0 Å². The molecule has 1 unspecified atom stereocenters. The third-order valence-corrected chi connectivity index (χ3v) is 7.72. The molecule has 150 valence electrons. The van der Waals surface area contributed by atoms with Crippen LogP contribution in [0.25, 0.3) is 0 Å². The lowest BCUT2D eigenvalue weighted by molar-refractivity contribution is -0.133. The molecule has 0 saturated heterocycles. The molecule has 1 aliphatic rings. The van der Waals surface area contributed by atoms with Crippen LogP contribution in [0.1, 0.15) is 18.9 Å². The van der Waals surface area contributed by atoms with E-state index in [-0.39, 0.29) is 5.75 Å². The Bertz CT molecular complexity index is 817. The van der Waals surface area contributed by atoms with E-state index in [1.54, 1.807) is 23.7 Å². The molecule has 0 saturated carbocycles. The van der Waals surface area contributed by atoms with Crippen LogP contribution >= 0.6 is 35.5 Å². The molecule has 7 heteroatoms. The maximum absolute atomic E-state index is 10.9. The van der Waals surface area contributed by atoms with Crippen molar-refractivity contribution in [1.82, 2.24) is 4.31 Å². The van der Waals surface area contributed by atoms with Crippen LogP contribution in [0.2, 0.25) is 0 Å². The number of carbonyl (C=O) groups is 1. The number of likely N-dealkylation sites (N-methyl/N-ethyl adjacent to an activating group) is 1. The highest BCUT2D eigenvalue weighted by Gasteiger charge is 2.27. The Kier molecular flexibility index (Phi) is 7.62. The molecule has 0 spiro atoms. The number of para-hydroxylation sites is 1. The van der Waals surface area contributed by atoms with Crippen molar-refractivity contribution < 1.29 is 9.90 Å². The Labute approximate surface area is 180 Å². The Morgan fingerprint density at radius 2 is 2.04 bits per heavy atom. The average Bonchev–Trinajstić information content (AvgIpc) is 2.83. The van der Waals surface area contributed by atoms with Crippen LogP contribution in [-0.2, 0) is 10.5 Å². The van der Waals surface area contributed by atoms with Gasteiger partial charge in [-0.15, -0.1) is 23.5 Å². The van der Waals surface area contributed by atoms with Crippen LogP contribution in [0.3, 0.4) is 0 Å². The van der Waals surface area contributed by atoms with Crippen molar-refractivity contribution in [2.45, 2.75) is 34.9 Å². The maximum Gasteiger partial charge on any atom is 0.313 e. The van der Waals surface area contributed by atoms with Gasteiger partial charge in [-0.3, -0.25) is 4.79 Å². The lowest BCUT2D eigenvalue weighted by Crippen LogP contribution is -2.34. The molecule has 3 rings (SSSR count). The van der Waals surface area contributed by atoms with Gasteiger partial charge in [0.1, 0.15) is 0 Å². The summed E-state index contributed by atoms with van der Waals surface area (Å²) in [6.45, 7) is 3.18. The number of fused-ring (bicyclic) bond motifs is 1. The third kappa shape index (κ3) is 5.00. The molecule has 2 aromatic rings. The predicted molar refractivity (Wildman–Crippen MR) is 123 cm³/mol. The van der Waals surface area contributed by atoms with Gasteiger partial charge in [-0.05, 0) is 61.5 Å². The maximum atomic E-state index is 10.9. The summed E-state index contributed by atoms with van der Waals surface area (Å²) in [4.78, 5) is 15.8. The number of carboxylic acids is 1. The minimum absolute atomic E-state index is 0.131. The predicted octanol–water partition coefficient (Wildman–Crippen LogP) is 5.60. The van der Waals surface area contributed by atoms with Gasteiger partial charge in [-0.25, -0.2) is 4.31 Å².